The van der Waals surface area contributed by atoms with Gasteiger partial charge in [0.15, 0.2) is 11.1 Å². The van der Waals surface area contributed by atoms with Gasteiger partial charge in [0.25, 0.3) is 0 Å². The fraction of sp³-hybridized carbons (Fsp3) is 0.0909. The summed E-state index contributed by atoms with van der Waals surface area (Å²) in [6, 6.07) is 6.15. The summed E-state index contributed by atoms with van der Waals surface area (Å²) >= 11 is -0.972. The number of halogens is 3. The Labute approximate surface area is 136 Å². The molecular weight excluding hydrogens is 308 g/mol. The van der Waals surface area contributed by atoms with E-state index in [1.807, 2.05) is 0 Å². The molecule has 0 fully saturated rings. The van der Waals surface area contributed by atoms with Gasteiger partial charge < -0.3 is 4.55 Å². The molecule has 0 radical (unpaired) electrons. The van der Waals surface area contributed by atoms with Crippen molar-refractivity contribution in [1.29, 1.82) is 0 Å². The van der Waals surface area contributed by atoms with Gasteiger partial charge in [-0.1, -0.05) is 12.1 Å². The Hall–Kier alpha value is -0.180. The molecular formula is C11H8F3NaO2S2. The van der Waals surface area contributed by atoms with E-state index in [1.165, 1.54) is 18.2 Å². The van der Waals surface area contributed by atoms with Crippen LogP contribution in [0, 0.1) is 0 Å². The van der Waals surface area contributed by atoms with Crippen molar-refractivity contribution in [3.8, 4) is 11.1 Å². The van der Waals surface area contributed by atoms with Crippen molar-refractivity contribution in [3.63, 3.8) is 0 Å². The summed E-state index contributed by atoms with van der Waals surface area (Å²) in [7, 11) is 0. The van der Waals surface area contributed by atoms with E-state index in [9.17, 15) is 17.4 Å². The molecule has 2 aromatic rings. The first kappa shape index (κ1) is 16.9. The third-order valence-corrected chi connectivity index (χ3v) is 4.19. The average Bonchev–Trinajstić information content (AvgIpc) is 2.77. The molecule has 0 aliphatic carbocycles. The van der Waals surface area contributed by atoms with Crippen molar-refractivity contribution in [2.24, 2.45) is 0 Å². The molecule has 0 aliphatic rings. The van der Waals surface area contributed by atoms with Crippen LogP contribution in [0.2, 0.25) is 0 Å². The summed E-state index contributed by atoms with van der Waals surface area (Å²) in [5.41, 5.74) is 0.495. The summed E-state index contributed by atoms with van der Waals surface area (Å²) < 4.78 is 57.0. The van der Waals surface area contributed by atoms with Gasteiger partial charge in [0.05, 0.1) is 5.56 Å². The number of hydrogen-bond acceptors (Lipinski definition) is 2. The Morgan fingerprint density at radius 1 is 1.11 bits per heavy atom. The van der Waals surface area contributed by atoms with E-state index in [-0.39, 0.29) is 33.8 Å². The molecule has 1 heterocycles. The molecule has 1 unspecified atom stereocenters. The van der Waals surface area contributed by atoms with E-state index < -0.39 is 22.8 Å². The minimum atomic E-state index is -4.36. The van der Waals surface area contributed by atoms with Crippen molar-refractivity contribution in [1.82, 2.24) is 0 Å². The van der Waals surface area contributed by atoms with Crippen molar-refractivity contribution in [2.45, 2.75) is 10.4 Å². The molecule has 1 aromatic heterocycles. The average molecular weight is 316 g/mol. The van der Waals surface area contributed by atoms with Crippen LogP contribution in [0.4, 0.5) is 13.2 Å². The number of thiophene rings is 1. The molecule has 98 valence electrons. The molecule has 19 heavy (non-hydrogen) atoms. The Morgan fingerprint density at radius 2 is 1.68 bits per heavy atom. The van der Waals surface area contributed by atoms with E-state index in [1.54, 1.807) is 5.38 Å². The molecule has 1 aromatic carbocycles. The molecule has 8 heteroatoms. The van der Waals surface area contributed by atoms with Crippen LogP contribution < -0.4 is 0 Å². The maximum absolute atomic E-state index is 12.4. The second-order valence-corrected chi connectivity index (χ2v) is 5.59. The van der Waals surface area contributed by atoms with Crippen molar-refractivity contribution in [2.75, 3.05) is 0 Å². The molecule has 0 bridgehead atoms. The van der Waals surface area contributed by atoms with Crippen LogP contribution >= 0.6 is 11.3 Å². The van der Waals surface area contributed by atoms with Crippen LogP contribution in [0.5, 0.6) is 0 Å². The Morgan fingerprint density at radius 3 is 2.11 bits per heavy atom. The molecule has 2 rings (SSSR count). The monoisotopic (exact) mass is 316 g/mol. The first-order valence-electron chi connectivity index (χ1n) is 4.75. The molecule has 1 atom stereocenters. The number of rotatable bonds is 2. The van der Waals surface area contributed by atoms with Gasteiger partial charge >= 0.3 is 35.7 Å². The molecule has 0 spiro atoms. The van der Waals surface area contributed by atoms with Crippen LogP contribution in [-0.2, 0) is 17.3 Å². The van der Waals surface area contributed by atoms with Crippen molar-refractivity contribution >= 4 is 52.0 Å². The quantitative estimate of drug-likeness (QED) is 0.681. The third-order valence-electron chi connectivity index (χ3n) is 2.29. The van der Waals surface area contributed by atoms with Gasteiger partial charge in [-0.15, -0.1) is 11.3 Å². The molecule has 0 amide bonds. The zero-order chi connectivity index (χ0) is 13.3. The Bertz CT molecular complexity index is 578. The van der Waals surface area contributed by atoms with Gasteiger partial charge in [-0.25, -0.2) is 4.21 Å². The topological polar surface area (TPSA) is 37.3 Å². The van der Waals surface area contributed by atoms with Crippen LogP contribution in [-0.4, -0.2) is 38.3 Å². The van der Waals surface area contributed by atoms with E-state index in [2.05, 4.69) is 0 Å². The summed E-state index contributed by atoms with van der Waals surface area (Å²) in [5.74, 6) is 0. The van der Waals surface area contributed by atoms with E-state index in [0.717, 1.165) is 23.5 Å². The predicted octanol–water partition coefficient (Wildman–Crippen LogP) is 3.37. The number of hydrogen-bond donors (Lipinski definition) is 1. The zero-order valence-electron chi connectivity index (χ0n) is 8.77. The first-order chi connectivity index (χ1) is 8.38. The Kier molecular flexibility index (Phi) is 5.78. The Balaban J connectivity index is 0.00000180. The predicted molar refractivity (Wildman–Crippen MR) is 70.9 cm³/mol. The summed E-state index contributed by atoms with van der Waals surface area (Å²) in [6.45, 7) is 0. The van der Waals surface area contributed by atoms with Crippen molar-refractivity contribution < 1.29 is 21.9 Å². The van der Waals surface area contributed by atoms with E-state index in [0.29, 0.717) is 11.1 Å². The fourth-order valence-electron chi connectivity index (χ4n) is 1.41. The molecule has 0 saturated carbocycles. The van der Waals surface area contributed by atoms with Gasteiger partial charge in [-0.3, -0.25) is 0 Å². The van der Waals surface area contributed by atoms with Crippen LogP contribution in [0.25, 0.3) is 11.1 Å². The van der Waals surface area contributed by atoms with E-state index in [4.69, 9.17) is 4.55 Å². The zero-order valence-corrected chi connectivity index (χ0v) is 10.4. The molecule has 0 saturated heterocycles. The van der Waals surface area contributed by atoms with Gasteiger partial charge in [-0.05, 0) is 34.7 Å². The van der Waals surface area contributed by atoms with Gasteiger partial charge in [0, 0.05) is 0 Å². The first-order valence-corrected chi connectivity index (χ1v) is 6.73. The maximum atomic E-state index is 12.4. The summed E-state index contributed by atoms with van der Waals surface area (Å²) in [6.07, 6.45) is -4.36. The second kappa shape index (κ2) is 6.51. The van der Waals surface area contributed by atoms with Gasteiger partial charge in [0.1, 0.15) is 4.21 Å². The molecule has 2 nitrogen and oxygen atoms in total. The molecule has 0 aliphatic heterocycles. The van der Waals surface area contributed by atoms with Crippen LogP contribution in [0.3, 0.4) is 0 Å². The van der Waals surface area contributed by atoms with Crippen LogP contribution in [0.15, 0.2) is 39.9 Å². The van der Waals surface area contributed by atoms with Crippen molar-refractivity contribution in [3.05, 3.63) is 41.3 Å². The van der Waals surface area contributed by atoms with Gasteiger partial charge in [-0.2, -0.15) is 13.2 Å². The van der Waals surface area contributed by atoms with E-state index >= 15 is 0 Å². The van der Waals surface area contributed by atoms with Crippen LogP contribution in [0.1, 0.15) is 5.56 Å². The fourth-order valence-corrected chi connectivity index (χ4v) is 2.75. The normalized spacial score (nSPS) is 12.8. The molecule has 1 N–H and O–H groups in total. The summed E-state index contributed by atoms with van der Waals surface area (Å²) in [4.78, 5) is 0. The number of alkyl halides is 3. The summed E-state index contributed by atoms with van der Waals surface area (Å²) in [5, 5.41) is 1.63. The number of benzene rings is 1. The standard InChI is InChI=1S/C11H7F3O2S2.Na.H/c12-11(13,14)9-3-1-7(2-4-9)8-5-10(17-6-8)18(15)16;;/h1-6H,(H,15,16);;. The second-order valence-electron chi connectivity index (χ2n) is 3.48. The SMILES string of the molecule is O=S(O)c1cc(-c2ccc(C(F)(F)F)cc2)cs1.[NaH]. The third kappa shape index (κ3) is 4.14. The van der Waals surface area contributed by atoms with Gasteiger partial charge in [0.2, 0.25) is 0 Å². The minimum absolute atomic E-state index is 0.